The third kappa shape index (κ3) is 2.96. The molecule has 1 atom stereocenters. The van der Waals surface area contributed by atoms with Crippen LogP contribution < -0.4 is 10.6 Å². The van der Waals surface area contributed by atoms with E-state index >= 15 is 0 Å². The van der Waals surface area contributed by atoms with Gasteiger partial charge in [-0.3, -0.25) is 0 Å². The number of hydrogen-bond acceptors (Lipinski definition) is 3. The fourth-order valence-electron chi connectivity index (χ4n) is 3.20. The van der Waals surface area contributed by atoms with E-state index < -0.39 is 0 Å². The predicted molar refractivity (Wildman–Crippen MR) is 68.7 cm³/mol. The predicted octanol–water partition coefficient (Wildman–Crippen LogP) is 0.917. The molecule has 1 unspecified atom stereocenters. The Hall–Kier alpha value is -0.120. The molecule has 0 radical (unpaired) electrons. The number of likely N-dealkylation sites (tertiary alicyclic amines) is 1. The van der Waals surface area contributed by atoms with Crippen molar-refractivity contribution in [3.63, 3.8) is 0 Å². The summed E-state index contributed by atoms with van der Waals surface area (Å²) in [4.78, 5) is 2.44. The van der Waals surface area contributed by atoms with Crippen LogP contribution in [0.5, 0.6) is 0 Å². The van der Waals surface area contributed by atoms with Crippen molar-refractivity contribution >= 4 is 0 Å². The lowest BCUT2D eigenvalue weighted by Crippen LogP contribution is -2.47. The van der Waals surface area contributed by atoms with Crippen molar-refractivity contribution < 1.29 is 0 Å². The van der Waals surface area contributed by atoms with Crippen molar-refractivity contribution in [2.75, 3.05) is 46.8 Å². The number of rotatable bonds is 6. The minimum absolute atomic E-state index is 0.583. The van der Waals surface area contributed by atoms with E-state index in [-0.39, 0.29) is 0 Å². The molecule has 0 amide bonds. The maximum absolute atomic E-state index is 3.71. The maximum Gasteiger partial charge on any atom is 0.00201 e. The van der Waals surface area contributed by atoms with Crippen LogP contribution in [-0.4, -0.2) is 51.7 Å². The summed E-state index contributed by atoms with van der Waals surface area (Å²) < 4.78 is 0. The van der Waals surface area contributed by atoms with Crippen molar-refractivity contribution in [2.24, 2.45) is 11.3 Å². The Kier molecular flexibility index (Phi) is 4.22. The lowest BCUT2D eigenvalue weighted by molar-refractivity contribution is 0.128. The smallest absolute Gasteiger partial charge is 0.00201 e. The molecule has 1 saturated heterocycles. The standard InChI is InChI=1S/C13H27N3/c1-14-10-13(5-3-6-13)11-15-8-12-4-7-16(2)9-12/h12,14-15H,3-11H2,1-2H3. The van der Waals surface area contributed by atoms with Gasteiger partial charge in [-0.25, -0.2) is 0 Å². The van der Waals surface area contributed by atoms with Gasteiger partial charge in [0.25, 0.3) is 0 Å². The van der Waals surface area contributed by atoms with E-state index in [1.165, 1.54) is 58.4 Å². The van der Waals surface area contributed by atoms with Crippen LogP contribution in [0.25, 0.3) is 0 Å². The van der Waals surface area contributed by atoms with Gasteiger partial charge >= 0.3 is 0 Å². The molecule has 2 N–H and O–H groups in total. The van der Waals surface area contributed by atoms with Gasteiger partial charge in [-0.05, 0) is 57.8 Å². The monoisotopic (exact) mass is 225 g/mol. The number of nitrogens with zero attached hydrogens (tertiary/aromatic N) is 1. The first-order valence-corrected chi connectivity index (χ1v) is 6.78. The molecular weight excluding hydrogens is 198 g/mol. The minimum atomic E-state index is 0.583. The molecule has 1 aliphatic heterocycles. The highest BCUT2D eigenvalue weighted by molar-refractivity contribution is 4.91. The van der Waals surface area contributed by atoms with Crippen LogP contribution in [0.4, 0.5) is 0 Å². The van der Waals surface area contributed by atoms with Gasteiger partial charge in [0.05, 0.1) is 0 Å². The topological polar surface area (TPSA) is 27.3 Å². The third-order valence-corrected chi connectivity index (χ3v) is 4.39. The van der Waals surface area contributed by atoms with E-state index in [1.54, 1.807) is 0 Å². The molecule has 0 bridgehead atoms. The lowest BCUT2D eigenvalue weighted by Gasteiger charge is -2.42. The Morgan fingerprint density at radius 3 is 2.62 bits per heavy atom. The van der Waals surface area contributed by atoms with Gasteiger partial charge in [-0.1, -0.05) is 6.42 Å². The second-order valence-corrected chi connectivity index (χ2v) is 5.93. The highest BCUT2D eigenvalue weighted by atomic mass is 15.1. The molecule has 0 aromatic carbocycles. The summed E-state index contributed by atoms with van der Waals surface area (Å²) in [5.74, 6) is 0.886. The summed E-state index contributed by atoms with van der Waals surface area (Å²) in [6, 6.07) is 0. The Labute approximate surface area is 100.0 Å². The van der Waals surface area contributed by atoms with Crippen LogP contribution in [0.1, 0.15) is 25.7 Å². The van der Waals surface area contributed by atoms with Crippen molar-refractivity contribution in [3.8, 4) is 0 Å². The molecule has 3 heteroatoms. The Bertz CT molecular complexity index is 213. The molecule has 1 heterocycles. The van der Waals surface area contributed by atoms with Crippen LogP contribution in [0.2, 0.25) is 0 Å². The van der Waals surface area contributed by atoms with E-state index in [1.807, 2.05) is 0 Å². The Morgan fingerprint density at radius 1 is 1.31 bits per heavy atom. The third-order valence-electron chi connectivity index (χ3n) is 4.39. The molecule has 1 saturated carbocycles. The fourth-order valence-corrected chi connectivity index (χ4v) is 3.20. The highest BCUT2D eigenvalue weighted by Gasteiger charge is 2.35. The van der Waals surface area contributed by atoms with Crippen LogP contribution in [-0.2, 0) is 0 Å². The first-order chi connectivity index (χ1) is 7.74. The van der Waals surface area contributed by atoms with Gasteiger partial charge in [-0.15, -0.1) is 0 Å². The molecule has 0 aromatic rings. The van der Waals surface area contributed by atoms with Gasteiger partial charge in [0.1, 0.15) is 0 Å². The van der Waals surface area contributed by atoms with E-state index in [2.05, 4.69) is 29.6 Å². The van der Waals surface area contributed by atoms with Gasteiger partial charge < -0.3 is 15.5 Å². The molecule has 2 rings (SSSR count). The first kappa shape index (κ1) is 12.3. The van der Waals surface area contributed by atoms with E-state index in [0.29, 0.717) is 5.41 Å². The quantitative estimate of drug-likeness (QED) is 0.704. The lowest BCUT2D eigenvalue weighted by atomic mass is 9.68. The Morgan fingerprint density at radius 2 is 2.12 bits per heavy atom. The average Bonchev–Trinajstić information content (AvgIpc) is 2.60. The molecule has 16 heavy (non-hydrogen) atoms. The summed E-state index contributed by atoms with van der Waals surface area (Å²) in [5.41, 5.74) is 0.583. The summed E-state index contributed by atoms with van der Waals surface area (Å²) in [7, 11) is 4.31. The zero-order chi connectivity index (χ0) is 11.4. The fraction of sp³-hybridized carbons (Fsp3) is 1.00. The van der Waals surface area contributed by atoms with E-state index in [0.717, 1.165) is 5.92 Å². The number of nitrogens with one attached hydrogen (secondary N) is 2. The van der Waals surface area contributed by atoms with E-state index in [9.17, 15) is 0 Å². The summed E-state index contributed by atoms with van der Waals surface area (Å²) in [6.45, 7) is 6.19. The van der Waals surface area contributed by atoms with Crippen molar-refractivity contribution in [3.05, 3.63) is 0 Å². The van der Waals surface area contributed by atoms with Gasteiger partial charge in [-0.2, -0.15) is 0 Å². The van der Waals surface area contributed by atoms with E-state index in [4.69, 9.17) is 0 Å². The van der Waals surface area contributed by atoms with Crippen LogP contribution in [0.15, 0.2) is 0 Å². The average molecular weight is 225 g/mol. The van der Waals surface area contributed by atoms with Crippen molar-refractivity contribution in [2.45, 2.75) is 25.7 Å². The summed E-state index contributed by atoms with van der Waals surface area (Å²) in [5, 5.41) is 7.06. The van der Waals surface area contributed by atoms with Gasteiger partial charge in [0.2, 0.25) is 0 Å². The van der Waals surface area contributed by atoms with Gasteiger partial charge in [0.15, 0.2) is 0 Å². The molecule has 2 aliphatic rings. The van der Waals surface area contributed by atoms with Crippen molar-refractivity contribution in [1.82, 2.24) is 15.5 Å². The van der Waals surface area contributed by atoms with Crippen molar-refractivity contribution in [1.29, 1.82) is 0 Å². The maximum atomic E-state index is 3.71. The summed E-state index contributed by atoms with van der Waals surface area (Å²) in [6.07, 6.45) is 5.62. The zero-order valence-corrected chi connectivity index (χ0v) is 10.9. The zero-order valence-electron chi connectivity index (χ0n) is 10.9. The molecule has 2 fully saturated rings. The first-order valence-electron chi connectivity index (χ1n) is 6.78. The molecule has 3 nitrogen and oxygen atoms in total. The normalized spacial score (nSPS) is 29.2. The molecule has 1 aliphatic carbocycles. The van der Waals surface area contributed by atoms with Crippen LogP contribution >= 0.6 is 0 Å². The van der Waals surface area contributed by atoms with Gasteiger partial charge in [0, 0.05) is 19.6 Å². The van der Waals surface area contributed by atoms with Crippen LogP contribution in [0, 0.1) is 11.3 Å². The Balaban J connectivity index is 1.63. The second-order valence-electron chi connectivity index (χ2n) is 5.93. The number of hydrogen-bond donors (Lipinski definition) is 2. The molecular formula is C13H27N3. The molecule has 0 spiro atoms. The summed E-state index contributed by atoms with van der Waals surface area (Å²) >= 11 is 0. The highest BCUT2D eigenvalue weighted by Crippen LogP contribution is 2.39. The largest absolute Gasteiger partial charge is 0.319 e. The van der Waals surface area contributed by atoms with Crippen LogP contribution in [0.3, 0.4) is 0 Å². The molecule has 0 aromatic heterocycles. The SMILES string of the molecule is CNCC1(CNCC2CCN(C)C2)CCC1. The minimum Gasteiger partial charge on any atom is -0.319 e. The molecule has 94 valence electrons. The second kappa shape index (κ2) is 5.48.